The largest absolute Gasteiger partial charge is 0.409 e. The average molecular weight is 286 g/mol. The van der Waals surface area contributed by atoms with E-state index in [9.17, 15) is 9.59 Å². The Morgan fingerprint density at radius 1 is 1.38 bits per heavy atom. The van der Waals surface area contributed by atoms with E-state index >= 15 is 0 Å². The number of oxime groups is 1. The zero-order chi connectivity index (χ0) is 15.4. The molecular weight excluding hydrogens is 272 g/mol. The minimum Gasteiger partial charge on any atom is -0.409 e. The van der Waals surface area contributed by atoms with E-state index in [-0.39, 0.29) is 16.8 Å². The molecule has 0 aliphatic carbocycles. The highest BCUT2D eigenvalue weighted by Gasteiger charge is 2.11. The molecule has 5 N–H and O–H groups in total. The molecule has 2 aromatic rings. The summed E-state index contributed by atoms with van der Waals surface area (Å²) in [5, 5.41) is 14.1. The Kier molecular flexibility index (Phi) is 4.03. The fourth-order valence-electron chi connectivity index (χ4n) is 1.76. The molecule has 0 unspecified atom stereocenters. The van der Waals surface area contributed by atoms with Gasteiger partial charge in [0.2, 0.25) is 0 Å². The Hall–Kier alpha value is -3.09. The van der Waals surface area contributed by atoms with E-state index in [4.69, 9.17) is 10.9 Å². The normalized spacial score (nSPS) is 11.2. The average Bonchev–Trinajstić information content (AvgIpc) is 2.46. The molecule has 0 fully saturated rings. The first-order valence-electron chi connectivity index (χ1n) is 6.10. The lowest BCUT2D eigenvalue weighted by Gasteiger charge is -2.07. The van der Waals surface area contributed by atoms with Gasteiger partial charge >= 0.3 is 0 Å². The van der Waals surface area contributed by atoms with Gasteiger partial charge in [-0.1, -0.05) is 17.3 Å². The number of anilines is 1. The number of aryl methyl sites for hydroxylation is 1. The number of aromatic nitrogens is 1. The van der Waals surface area contributed by atoms with Crippen molar-refractivity contribution in [3.8, 4) is 0 Å². The maximum atomic E-state index is 12.1. The number of hydrogen-bond acceptors (Lipinski definition) is 4. The predicted octanol–water partition coefficient (Wildman–Crippen LogP) is 1.03. The van der Waals surface area contributed by atoms with Crippen LogP contribution in [-0.4, -0.2) is 21.9 Å². The number of nitrogens with zero attached hydrogens (tertiary/aromatic N) is 1. The standard InChI is InChI=1S/C14H14N4O3/c1-8-5-12(19)11(7-16-8)14(20)17-10-4-2-3-9(6-10)13(15)18-21/h2-7,21H,1H3,(H2,15,18)(H,16,19)(H,17,20). The van der Waals surface area contributed by atoms with Crippen LogP contribution >= 0.6 is 0 Å². The number of nitrogens with two attached hydrogens (primary N) is 1. The van der Waals surface area contributed by atoms with E-state index < -0.39 is 5.91 Å². The Bertz CT molecular complexity index is 765. The number of pyridine rings is 1. The quantitative estimate of drug-likeness (QED) is 0.291. The van der Waals surface area contributed by atoms with Crippen LogP contribution in [-0.2, 0) is 0 Å². The van der Waals surface area contributed by atoms with Gasteiger partial charge in [-0.2, -0.15) is 0 Å². The second kappa shape index (κ2) is 5.91. The van der Waals surface area contributed by atoms with Crippen molar-refractivity contribution in [2.45, 2.75) is 6.92 Å². The first-order chi connectivity index (χ1) is 10.0. The summed E-state index contributed by atoms with van der Waals surface area (Å²) in [7, 11) is 0. The lowest BCUT2D eigenvalue weighted by Crippen LogP contribution is -2.22. The van der Waals surface area contributed by atoms with Crippen molar-refractivity contribution >= 4 is 17.4 Å². The molecule has 0 aliphatic rings. The summed E-state index contributed by atoms with van der Waals surface area (Å²) >= 11 is 0. The van der Waals surface area contributed by atoms with Crippen LogP contribution in [0.5, 0.6) is 0 Å². The number of hydrogen-bond donors (Lipinski definition) is 4. The van der Waals surface area contributed by atoms with Crippen LogP contribution in [0.1, 0.15) is 21.6 Å². The first-order valence-corrected chi connectivity index (χ1v) is 6.10. The summed E-state index contributed by atoms with van der Waals surface area (Å²) in [6, 6.07) is 7.79. The van der Waals surface area contributed by atoms with Crippen molar-refractivity contribution < 1.29 is 10.0 Å². The van der Waals surface area contributed by atoms with Crippen molar-refractivity contribution in [3.63, 3.8) is 0 Å². The van der Waals surface area contributed by atoms with Crippen molar-refractivity contribution in [3.05, 3.63) is 63.6 Å². The molecule has 0 bridgehead atoms. The number of benzene rings is 1. The highest BCUT2D eigenvalue weighted by atomic mass is 16.4. The molecule has 2 rings (SSSR count). The second-order valence-corrected chi connectivity index (χ2v) is 4.41. The molecule has 1 aromatic carbocycles. The van der Waals surface area contributed by atoms with Crippen LogP contribution in [0.15, 0.2) is 46.5 Å². The minimum absolute atomic E-state index is 0.00907. The Morgan fingerprint density at radius 2 is 2.14 bits per heavy atom. The van der Waals surface area contributed by atoms with Crippen molar-refractivity contribution in [1.82, 2.24) is 4.98 Å². The molecule has 0 aliphatic heterocycles. The van der Waals surface area contributed by atoms with Crippen LogP contribution < -0.4 is 16.5 Å². The van der Waals surface area contributed by atoms with Gasteiger partial charge in [0.1, 0.15) is 5.56 Å². The number of amides is 1. The van der Waals surface area contributed by atoms with E-state index in [2.05, 4.69) is 15.5 Å². The Morgan fingerprint density at radius 3 is 2.81 bits per heavy atom. The number of carbonyl (C=O) groups excluding carboxylic acids is 1. The summed E-state index contributed by atoms with van der Waals surface area (Å²) in [5.74, 6) is -0.604. The van der Waals surface area contributed by atoms with Gasteiger partial charge in [0.25, 0.3) is 5.91 Å². The molecule has 21 heavy (non-hydrogen) atoms. The SMILES string of the molecule is Cc1cc(=O)c(C(=O)Nc2cccc(/C(N)=N/O)c2)c[nH]1. The van der Waals surface area contributed by atoms with Gasteiger partial charge in [-0.25, -0.2) is 0 Å². The van der Waals surface area contributed by atoms with Gasteiger partial charge in [0.05, 0.1) is 0 Å². The van der Waals surface area contributed by atoms with Crippen LogP contribution in [0, 0.1) is 6.92 Å². The van der Waals surface area contributed by atoms with Crippen LogP contribution in [0.25, 0.3) is 0 Å². The van der Waals surface area contributed by atoms with Gasteiger partial charge < -0.3 is 21.2 Å². The molecule has 1 aromatic heterocycles. The van der Waals surface area contributed by atoms with E-state index in [0.717, 1.165) is 0 Å². The molecule has 0 radical (unpaired) electrons. The first kappa shape index (κ1) is 14.3. The van der Waals surface area contributed by atoms with Crippen LogP contribution in [0.3, 0.4) is 0 Å². The van der Waals surface area contributed by atoms with E-state index in [1.165, 1.54) is 18.3 Å². The van der Waals surface area contributed by atoms with Gasteiger partial charge in [-0.05, 0) is 19.1 Å². The number of aromatic amines is 1. The monoisotopic (exact) mass is 286 g/mol. The lowest BCUT2D eigenvalue weighted by atomic mass is 10.1. The minimum atomic E-state index is -0.534. The van der Waals surface area contributed by atoms with Crippen molar-refractivity contribution in [1.29, 1.82) is 0 Å². The van der Waals surface area contributed by atoms with E-state index in [1.54, 1.807) is 25.1 Å². The van der Waals surface area contributed by atoms with Gasteiger partial charge in [0.15, 0.2) is 11.3 Å². The third-order valence-electron chi connectivity index (χ3n) is 2.83. The van der Waals surface area contributed by atoms with Gasteiger partial charge in [-0.15, -0.1) is 0 Å². The summed E-state index contributed by atoms with van der Waals surface area (Å²) in [5.41, 5.74) is 6.68. The molecule has 0 saturated carbocycles. The van der Waals surface area contributed by atoms with Crippen molar-refractivity contribution in [2.24, 2.45) is 10.9 Å². The maximum absolute atomic E-state index is 12.1. The molecular formula is C14H14N4O3. The van der Waals surface area contributed by atoms with Crippen LogP contribution in [0.2, 0.25) is 0 Å². The number of nitrogens with one attached hydrogen (secondary N) is 2. The molecule has 7 heteroatoms. The third-order valence-corrected chi connectivity index (χ3v) is 2.83. The molecule has 1 amide bonds. The fourth-order valence-corrected chi connectivity index (χ4v) is 1.76. The molecule has 108 valence electrons. The van der Waals surface area contributed by atoms with Gasteiger partial charge in [0, 0.05) is 29.2 Å². The topological polar surface area (TPSA) is 121 Å². The molecule has 7 nitrogen and oxygen atoms in total. The summed E-state index contributed by atoms with van der Waals surface area (Å²) < 4.78 is 0. The fraction of sp³-hybridized carbons (Fsp3) is 0.0714. The number of rotatable bonds is 3. The summed E-state index contributed by atoms with van der Waals surface area (Å²) in [4.78, 5) is 26.6. The van der Waals surface area contributed by atoms with Crippen LogP contribution in [0.4, 0.5) is 5.69 Å². The Balaban J connectivity index is 2.26. The highest BCUT2D eigenvalue weighted by molar-refractivity contribution is 6.05. The molecule has 0 spiro atoms. The van der Waals surface area contributed by atoms with Crippen molar-refractivity contribution in [2.75, 3.05) is 5.32 Å². The maximum Gasteiger partial charge on any atom is 0.261 e. The third kappa shape index (κ3) is 3.27. The zero-order valence-corrected chi connectivity index (χ0v) is 11.3. The number of carbonyl (C=O) groups is 1. The molecule has 1 heterocycles. The van der Waals surface area contributed by atoms with E-state index in [1.807, 2.05) is 0 Å². The second-order valence-electron chi connectivity index (χ2n) is 4.41. The zero-order valence-electron chi connectivity index (χ0n) is 11.3. The predicted molar refractivity (Wildman–Crippen MR) is 78.7 cm³/mol. The number of amidine groups is 1. The summed E-state index contributed by atoms with van der Waals surface area (Å²) in [6.07, 6.45) is 1.36. The Labute approximate surface area is 120 Å². The summed E-state index contributed by atoms with van der Waals surface area (Å²) in [6.45, 7) is 1.73. The number of H-pyrrole nitrogens is 1. The lowest BCUT2D eigenvalue weighted by molar-refractivity contribution is 0.102. The molecule has 0 saturated heterocycles. The molecule has 0 atom stereocenters. The highest BCUT2D eigenvalue weighted by Crippen LogP contribution is 2.11. The van der Waals surface area contributed by atoms with Gasteiger partial charge in [-0.3, -0.25) is 9.59 Å². The van der Waals surface area contributed by atoms with E-state index in [0.29, 0.717) is 16.9 Å². The smallest absolute Gasteiger partial charge is 0.261 e.